The second-order valence-corrected chi connectivity index (χ2v) is 6.53. The van der Waals surface area contributed by atoms with Crippen molar-refractivity contribution in [3.63, 3.8) is 0 Å². The van der Waals surface area contributed by atoms with Gasteiger partial charge in [0.05, 0.1) is 0 Å². The van der Waals surface area contributed by atoms with Gasteiger partial charge in [-0.25, -0.2) is 9.18 Å². The summed E-state index contributed by atoms with van der Waals surface area (Å²) in [7, 11) is 0. The van der Waals surface area contributed by atoms with E-state index >= 15 is 0 Å². The van der Waals surface area contributed by atoms with Crippen LogP contribution in [0.1, 0.15) is 25.3 Å². The maximum absolute atomic E-state index is 13.1. The normalized spacial score (nSPS) is 13.7. The lowest BCUT2D eigenvalue weighted by Crippen LogP contribution is -2.43. The summed E-state index contributed by atoms with van der Waals surface area (Å²) in [5, 5.41) is 3.04. The monoisotopic (exact) mass is 355 g/mol. The van der Waals surface area contributed by atoms with Gasteiger partial charge in [0.1, 0.15) is 5.82 Å². The Hall–Kier alpha value is -2.56. The summed E-state index contributed by atoms with van der Waals surface area (Å²) in [6, 6.07) is 14.6. The quantitative estimate of drug-likeness (QED) is 0.872. The number of carbonyl (C=O) groups is 1. The Morgan fingerprint density at radius 1 is 1.15 bits per heavy atom. The third kappa shape index (κ3) is 4.34. The summed E-state index contributed by atoms with van der Waals surface area (Å²) in [5.74, 6) is -0.238. The minimum Gasteiger partial charge on any atom is -0.370 e. The van der Waals surface area contributed by atoms with E-state index in [1.807, 2.05) is 23.1 Å². The number of anilines is 2. The number of nitrogens with one attached hydrogen (secondary N) is 1. The molecule has 1 aliphatic heterocycles. The Balaban J connectivity index is 1.59. The van der Waals surface area contributed by atoms with Crippen molar-refractivity contribution in [2.45, 2.75) is 26.2 Å². The lowest BCUT2D eigenvalue weighted by molar-refractivity contribution is 0.246. The second kappa shape index (κ2) is 8.70. The smallest absolute Gasteiger partial charge is 0.321 e. The van der Waals surface area contributed by atoms with Gasteiger partial charge in [-0.2, -0.15) is 0 Å². The molecule has 0 aromatic heterocycles. The summed E-state index contributed by atoms with van der Waals surface area (Å²) in [6.07, 6.45) is 3.14. The number of halogens is 1. The lowest BCUT2D eigenvalue weighted by atomic mass is 10.1. The number of hydrogen-bond donors (Lipinski definition) is 1. The Bertz CT molecular complexity index is 732. The number of rotatable bonds is 5. The number of benzene rings is 2. The van der Waals surface area contributed by atoms with E-state index < -0.39 is 0 Å². The zero-order valence-corrected chi connectivity index (χ0v) is 15.2. The number of fused-ring (bicyclic) bond motifs is 1. The van der Waals surface area contributed by atoms with Gasteiger partial charge in [0.2, 0.25) is 0 Å². The van der Waals surface area contributed by atoms with Crippen molar-refractivity contribution in [3.8, 4) is 0 Å². The van der Waals surface area contributed by atoms with Crippen molar-refractivity contribution in [2.75, 3.05) is 36.0 Å². The number of aryl methyl sites for hydroxylation is 1. The lowest BCUT2D eigenvalue weighted by Gasteiger charge is -2.26. The Morgan fingerprint density at radius 3 is 2.69 bits per heavy atom. The molecule has 2 amide bonds. The molecular weight excluding hydrogens is 329 g/mol. The molecule has 0 aliphatic carbocycles. The van der Waals surface area contributed by atoms with Crippen LogP contribution < -0.4 is 15.1 Å². The SMILES string of the molecule is CCN(CCNC(=O)N1CCCCc2ccccc21)c1ccc(F)cc1. The van der Waals surface area contributed by atoms with E-state index in [1.165, 1.54) is 17.7 Å². The number of nitrogens with zero attached hydrogens (tertiary/aromatic N) is 2. The van der Waals surface area contributed by atoms with Crippen molar-refractivity contribution in [3.05, 3.63) is 59.9 Å². The third-order valence-electron chi connectivity index (χ3n) is 4.84. The van der Waals surface area contributed by atoms with Gasteiger partial charge in [0, 0.05) is 37.6 Å². The van der Waals surface area contributed by atoms with Gasteiger partial charge in [0.15, 0.2) is 0 Å². The van der Waals surface area contributed by atoms with E-state index in [1.54, 1.807) is 12.1 Å². The summed E-state index contributed by atoms with van der Waals surface area (Å²) in [6.45, 7) is 4.83. The van der Waals surface area contributed by atoms with Gasteiger partial charge >= 0.3 is 6.03 Å². The highest BCUT2D eigenvalue weighted by atomic mass is 19.1. The van der Waals surface area contributed by atoms with Crippen LogP contribution in [0.4, 0.5) is 20.6 Å². The maximum atomic E-state index is 13.1. The summed E-state index contributed by atoms with van der Waals surface area (Å²) in [5.41, 5.74) is 3.22. The first kappa shape index (κ1) is 18.2. The molecule has 0 saturated carbocycles. The highest BCUT2D eigenvalue weighted by Crippen LogP contribution is 2.26. The number of urea groups is 1. The van der Waals surface area contributed by atoms with Crippen LogP contribution in [0.5, 0.6) is 0 Å². The molecule has 0 saturated heterocycles. The molecule has 0 bridgehead atoms. The number of likely N-dealkylation sites (N-methyl/N-ethyl adjacent to an activating group) is 1. The molecule has 5 heteroatoms. The topological polar surface area (TPSA) is 35.6 Å². The first-order valence-electron chi connectivity index (χ1n) is 9.33. The second-order valence-electron chi connectivity index (χ2n) is 6.53. The molecule has 1 N–H and O–H groups in total. The molecular formula is C21H26FN3O. The predicted molar refractivity (Wildman–Crippen MR) is 104 cm³/mol. The zero-order chi connectivity index (χ0) is 18.4. The van der Waals surface area contributed by atoms with Crippen molar-refractivity contribution >= 4 is 17.4 Å². The average Bonchev–Trinajstić information content (AvgIpc) is 2.88. The van der Waals surface area contributed by atoms with Crippen molar-refractivity contribution < 1.29 is 9.18 Å². The molecule has 0 radical (unpaired) electrons. The molecule has 4 nitrogen and oxygen atoms in total. The van der Waals surface area contributed by atoms with Crippen LogP contribution in [-0.2, 0) is 6.42 Å². The van der Waals surface area contributed by atoms with Gasteiger partial charge in [0.25, 0.3) is 0 Å². The van der Waals surface area contributed by atoms with E-state index in [-0.39, 0.29) is 11.8 Å². The molecule has 2 aromatic rings. The van der Waals surface area contributed by atoms with Crippen LogP contribution >= 0.6 is 0 Å². The molecule has 138 valence electrons. The van der Waals surface area contributed by atoms with Crippen molar-refractivity contribution in [1.82, 2.24) is 5.32 Å². The fourth-order valence-corrected chi connectivity index (χ4v) is 3.42. The standard InChI is InChI=1S/C21H26FN3O/c1-2-24(19-12-10-18(22)11-13-19)16-14-23-21(26)25-15-6-5-8-17-7-3-4-9-20(17)25/h3-4,7,9-13H,2,5-6,8,14-16H2,1H3,(H,23,26). The predicted octanol–water partition coefficient (Wildman–Crippen LogP) is 4.20. The van der Waals surface area contributed by atoms with Crippen LogP contribution in [0.2, 0.25) is 0 Å². The van der Waals surface area contributed by atoms with Gasteiger partial charge in [-0.3, -0.25) is 4.90 Å². The molecule has 0 atom stereocenters. The third-order valence-corrected chi connectivity index (χ3v) is 4.84. The Kier molecular flexibility index (Phi) is 6.10. The fraction of sp³-hybridized carbons (Fsp3) is 0.381. The van der Waals surface area contributed by atoms with Gasteiger partial charge < -0.3 is 10.2 Å². The van der Waals surface area contributed by atoms with E-state index in [0.29, 0.717) is 13.1 Å². The summed E-state index contributed by atoms with van der Waals surface area (Å²) >= 11 is 0. The summed E-state index contributed by atoms with van der Waals surface area (Å²) in [4.78, 5) is 16.7. The Morgan fingerprint density at radius 2 is 1.92 bits per heavy atom. The molecule has 0 unspecified atom stereocenters. The van der Waals surface area contributed by atoms with Crippen LogP contribution in [0.25, 0.3) is 0 Å². The molecule has 26 heavy (non-hydrogen) atoms. The van der Waals surface area contributed by atoms with Crippen LogP contribution in [-0.4, -0.2) is 32.2 Å². The number of amides is 2. The minimum atomic E-state index is -0.238. The Labute approximate surface area is 154 Å². The zero-order valence-electron chi connectivity index (χ0n) is 15.2. The van der Waals surface area contributed by atoms with Crippen LogP contribution in [0.3, 0.4) is 0 Å². The summed E-state index contributed by atoms with van der Waals surface area (Å²) < 4.78 is 13.1. The molecule has 1 aliphatic rings. The average molecular weight is 355 g/mol. The highest BCUT2D eigenvalue weighted by molar-refractivity contribution is 5.93. The number of hydrogen-bond acceptors (Lipinski definition) is 2. The highest BCUT2D eigenvalue weighted by Gasteiger charge is 2.20. The van der Waals surface area contributed by atoms with E-state index in [4.69, 9.17) is 0 Å². The number of carbonyl (C=O) groups excluding carboxylic acids is 1. The van der Waals surface area contributed by atoms with Gasteiger partial charge in [-0.05, 0) is 62.1 Å². The molecule has 0 spiro atoms. The first-order valence-corrected chi connectivity index (χ1v) is 9.33. The van der Waals surface area contributed by atoms with E-state index in [9.17, 15) is 9.18 Å². The molecule has 1 heterocycles. The minimum absolute atomic E-state index is 0.0468. The van der Waals surface area contributed by atoms with Crippen molar-refractivity contribution in [1.29, 1.82) is 0 Å². The van der Waals surface area contributed by atoms with Gasteiger partial charge in [-0.1, -0.05) is 18.2 Å². The molecule has 0 fully saturated rings. The van der Waals surface area contributed by atoms with Crippen molar-refractivity contribution in [2.24, 2.45) is 0 Å². The van der Waals surface area contributed by atoms with Crippen LogP contribution in [0.15, 0.2) is 48.5 Å². The molecule has 2 aromatic carbocycles. The van der Waals surface area contributed by atoms with E-state index in [0.717, 1.165) is 43.7 Å². The fourth-order valence-electron chi connectivity index (χ4n) is 3.42. The molecule has 3 rings (SSSR count). The largest absolute Gasteiger partial charge is 0.370 e. The van der Waals surface area contributed by atoms with Crippen LogP contribution in [0, 0.1) is 5.82 Å². The van der Waals surface area contributed by atoms with E-state index in [2.05, 4.69) is 23.2 Å². The van der Waals surface area contributed by atoms with Gasteiger partial charge in [-0.15, -0.1) is 0 Å². The first-order chi connectivity index (χ1) is 12.7. The number of para-hydroxylation sites is 1. The maximum Gasteiger partial charge on any atom is 0.321 e.